The molecule has 5 heteroatoms. The van der Waals surface area contributed by atoms with Gasteiger partial charge in [-0.15, -0.1) is 0 Å². The zero-order valence-electron chi connectivity index (χ0n) is 6.98. The zero-order valence-corrected chi connectivity index (χ0v) is 6.98. The first kappa shape index (κ1) is 10.2. The Morgan fingerprint density at radius 1 is 1.31 bits per heavy atom. The minimum Gasteiger partial charge on any atom is -0.423 e. The fourth-order valence-electron chi connectivity index (χ4n) is 0.888. The predicted molar refractivity (Wildman–Crippen MR) is 47.0 cm³/mol. The van der Waals surface area contributed by atoms with E-state index < -0.39 is 7.12 Å². The number of aliphatic hydroxyl groups is 1. The van der Waals surface area contributed by atoms with Crippen LogP contribution in [0.25, 0.3) is 0 Å². The third kappa shape index (κ3) is 3.14. The molecule has 0 aliphatic rings. The lowest BCUT2D eigenvalue weighted by Gasteiger charge is -2.05. The van der Waals surface area contributed by atoms with Crippen LogP contribution in [0.2, 0.25) is 0 Å². The molecule has 13 heavy (non-hydrogen) atoms. The van der Waals surface area contributed by atoms with E-state index in [1.165, 1.54) is 24.3 Å². The van der Waals surface area contributed by atoms with Crippen molar-refractivity contribution in [2.75, 3.05) is 13.2 Å². The average molecular weight is 184 g/mol. The molecule has 2 N–H and O–H groups in total. The Bertz CT molecular complexity index is 252. The van der Waals surface area contributed by atoms with E-state index in [0.717, 1.165) is 0 Å². The van der Waals surface area contributed by atoms with E-state index in [-0.39, 0.29) is 19.0 Å². The summed E-state index contributed by atoms with van der Waals surface area (Å²) in [6.07, 6.45) is 0. The molecule has 0 bridgehead atoms. The third-order valence-corrected chi connectivity index (χ3v) is 1.52. The van der Waals surface area contributed by atoms with Gasteiger partial charge in [-0.05, 0) is 17.6 Å². The lowest BCUT2D eigenvalue weighted by molar-refractivity contribution is 0.183. The van der Waals surface area contributed by atoms with Crippen molar-refractivity contribution in [2.24, 2.45) is 0 Å². The van der Waals surface area contributed by atoms with Gasteiger partial charge in [0.25, 0.3) is 0 Å². The second kappa shape index (κ2) is 4.96. The van der Waals surface area contributed by atoms with Crippen molar-refractivity contribution < 1.29 is 19.2 Å². The van der Waals surface area contributed by atoms with Crippen molar-refractivity contribution in [2.45, 2.75) is 0 Å². The summed E-state index contributed by atoms with van der Waals surface area (Å²) in [5.41, 5.74) is 0.467. The highest BCUT2D eigenvalue weighted by Gasteiger charge is 2.15. The molecule has 1 aromatic rings. The SMILES string of the molecule is OCCOB(O)c1ccc(F)cc1. The lowest BCUT2D eigenvalue weighted by Crippen LogP contribution is -2.34. The summed E-state index contributed by atoms with van der Waals surface area (Å²) in [5, 5.41) is 17.7. The van der Waals surface area contributed by atoms with Gasteiger partial charge in [-0.1, -0.05) is 12.1 Å². The maximum Gasteiger partial charge on any atom is 0.491 e. The largest absolute Gasteiger partial charge is 0.491 e. The van der Waals surface area contributed by atoms with Crippen molar-refractivity contribution in [1.82, 2.24) is 0 Å². The molecule has 0 unspecified atom stereocenters. The fourth-order valence-corrected chi connectivity index (χ4v) is 0.888. The standard InChI is InChI=1S/C8H10BFO3/c10-8-3-1-7(2-4-8)9(12)13-6-5-11/h1-4,11-12H,5-6H2. The molecule has 0 saturated heterocycles. The van der Waals surface area contributed by atoms with Crippen LogP contribution < -0.4 is 5.46 Å². The Hall–Kier alpha value is -0.905. The summed E-state index contributed by atoms with van der Waals surface area (Å²) < 4.78 is 17.2. The molecule has 0 radical (unpaired) electrons. The topological polar surface area (TPSA) is 49.7 Å². The van der Waals surface area contributed by atoms with E-state index >= 15 is 0 Å². The Morgan fingerprint density at radius 2 is 1.92 bits per heavy atom. The van der Waals surface area contributed by atoms with Crippen LogP contribution in [0.1, 0.15) is 0 Å². The summed E-state index contributed by atoms with van der Waals surface area (Å²) >= 11 is 0. The van der Waals surface area contributed by atoms with Gasteiger partial charge in [0.2, 0.25) is 0 Å². The Kier molecular flexibility index (Phi) is 3.88. The van der Waals surface area contributed by atoms with Gasteiger partial charge in [0.15, 0.2) is 0 Å². The number of aliphatic hydroxyl groups excluding tert-OH is 1. The molecule has 3 nitrogen and oxygen atoms in total. The van der Waals surface area contributed by atoms with Gasteiger partial charge >= 0.3 is 7.12 Å². The van der Waals surface area contributed by atoms with Crippen molar-refractivity contribution in [3.63, 3.8) is 0 Å². The molecule has 0 saturated carbocycles. The molecule has 0 spiro atoms. The van der Waals surface area contributed by atoms with E-state index in [4.69, 9.17) is 9.76 Å². The van der Waals surface area contributed by atoms with Crippen molar-refractivity contribution in [1.29, 1.82) is 0 Å². The molecule has 1 rings (SSSR count). The molecule has 0 heterocycles. The number of hydrogen-bond donors (Lipinski definition) is 2. The second-order valence-electron chi connectivity index (χ2n) is 2.50. The highest BCUT2D eigenvalue weighted by molar-refractivity contribution is 6.59. The summed E-state index contributed by atoms with van der Waals surface area (Å²) in [4.78, 5) is 0. The number of hydrogen-bond acceptors (Lipinski definition) is 3. The molecule has 0 aliphatic heterocycles. The van der Waals surface area contributed by atoms with Gasteiger partial charge < -0.3 is 14.8 Å². The molecule has 0 atom stereocenters. The van der Waals surface area contributed by atoms with Crippen LogP contribution in [0.5, 0.6) is 0 Å². The highest BCUT2D eigenvalue weighted by Crippen LogP contribution is 1.94. The number of halogens is 1. The van der Waals surface area contributed by atoms with Gasteiger partial charge in [-0.25, -0.2) is 4.39 Å². The second-order valence-corrected chi connectivity index (χ2v) is 2.50. The molecule has 0 fully saturated rings. The normalized spacial score (nSPS) is 10.1. The Morgan fingerprint density at radius 3 is 2.46 bits per heavy atom. The summed E-state index contributed by atoms with van der Waals surface area (Å²) in [6, 6.07) is 5.33. The molecule has 0 aliphatic carbocycles. The van der Waals surface area contributed by atoms with Crippen molar-refractivity contribution in [3.05, 3.63) is 30.1 Å². The minimum atomic E-state index is -1.10. The lowest BCUT2D eigenvalue weighted by atomic mass is 9.80. The smallest absolute Gasteiger partial charge is 0.423 e. The summed E-state index contributed by atoms with van der Waals surface area (Å²) in [7, 11) is -1.10. The molecular formula is C8H10BFO3. The molecule has 0 amide bonds. The van der Waals surface area contributed by atoms with Gasteiger partial charge in [0.1, 0.15) is 5.82 Å². The predicted octanol–water partition coefficient (Wildman–Crippen LogP) is -0.478. The highest BCUT2D eigenvalue weighted by atomic mass is 19.1. The first-order valence-corrected chi connectivity index (χ1v) is 3.90. The Balaban J connectivity index is 2.55. The van der Waals surface area contributed by atoms with Crippen LogP contribution in [-0.4, -0.2) is 30.5 Å². The van der Waals surface area contributed by atoms with Gasteiger partial charge in [0, 0.05) is 0 Å². The summed E-state index contributed by atoms with van der Waals surface area (Å²) in [5.74, 6) is -0.363. The fraction of sp³-hybridized carbons (Fsp3) is 0.250. The maximum absolute atomic E-state index is 12.4. The molecule has 0 aromatic heterocycles. The van der Waals surface area contributed by atoms with Crippen LogP contribution in [0.3, 0.4) is 0 Å². The maximum atomic E-state index is 12.4. The van der Waals surface area contributed by atoms with Crippen LogP contribution in [0.15, 0.2) is 24.3 Å². The van der Waals surface area contributed by atoms with Crippen LogP contribution in [0, 0.1) is 5.82 Å². The van der Waals surface area contributed by atoms with E-state index in [1.807, 2.05) is 0 Å². The zero-order chi connectivity index (χ0) is 9.68. The monoisotopic (exact) mass is 184 g/mol. The van der Waals surface area contributed by atoms with E-state index in [2.05, 4.69) is 0 Å². The quantitative estimate of drug-likeness (QED) is 0.621. The average Bonchev–Trinajstić information content (AvgIpc) is 2.15. The van der Waals surface area contributed by atoms with E-state index in [1.54, 1.807) is 0 Å². The van der Waals surface area contributed by atoms with Gasteiger partial charge in [-0.3, -0.25) is 0 Å². The van der Waals surface area contributed by atoms with E-state index in [9.17, 15) is 9.41 Å². The van der Waals surface area contributed by atoms with Crippen LogP contribution >= 0.6 is 0 Å². The molecular weight excluding hydrogens is 174 g/mol. The van der Waals surface area contributed by atoms with Crippen LogP contribution in [0.4, 0.5) is 4.39 Å². The Labute approximate surface area is 75.9 Å². The number of rotatable bonds is 4. The van der Waals surface area contributed by atoms with Crippen molar-refractivity contribution in [3.8, 4) is 0 Å². The van der Waals surface area contributed by atoms with Crippen molar-refractivity contribution >= 4 is 12.6 Å². The molecule has 1 aromatic carbocycles. The molecule has 70 valence electrons. The first-order chi connectivity index (χ1) is 6.24. The van der Waals surface area contributed by atoms with E-state index in [0.29, 0.717) is 5.46 Å². The van der Waals surface area contributed by atoms with Gasteiger partial charge in [-0.2, -0.15) is 0 Å². The number of benzene rings is 1. The minimum absolute atomic E-state index is 0.0541. The summed E-state index contributed by atoms with van der Waals surface area (Å²) in [6.45, 7) is -0.100. The van der Waals surface area contributed by atoms with Gasteiger partial charge in [0.05, 0.1) is 13.2 Å². The van der Waals surface area contributed by atoms with Crippen LogP contribution in [-0.2, 0) is 4.65 Å². The first-order valence-electron chi connectivity index (χ1n) is 3.90. The third-order valence-electron chi connectivity index (χ3n) is 1.52.